The summed E-state index contributed by atoms with van der Waals surface area (Å²) in [7, 11) is 0. The smallest absolute Gasteiger partial charge is 0.251 e. The van der Waals surface area contributed by atoms with Crippen molar-refractivity contribution in [1.82, 2.24) is 10.3 Å². The highest BCUT2D eigenvalue weighted by Gasteiger charge is 2.09. The van der Waals surface area contributed by atoms with E-state index in [9.17, 15) is 4.79 Å². The zero-order chi connectivity index (χ0) is 16.1. The van der Waals surface area contributed by atoms with Crippen LogP contribution in [0.5, 0.6) is 0 Å². The lowest BCUT2D eigenvalue weighted by Gasteiger charge is -2.07. The quantitative estimate of drug-likeness (QED) is 0.779. The molecule has 0 atom stereocenters. The Hall–Kier alpha value is -1.33. The van der Waals surface area contributed by atoms with E-state index in [0.29, 0.717) is 23.3 Å². The first-order valence-electron chi connectivity index (χ1n) is 7.45. The molecule has 3 nitrogen and oxygen atoms in total. The van der Waals surface area contributed by atoms with Crippen molar-refractivity contribution in [1.29, 1.82) is 0 Å². The lowest BCUT2D eigenvalue weighted by Crippen LogP contribution is -2.22. The monoisotopic (exact) mass is 334 g/mol. The highest BCUT2D eigenvalue weighted by atomic mass is 32.2. The van der Waals surface area contributed by atoms with Gasteiger partial charge in [0.15, 0.2) is 0 Å². The zero-order valence-electron chi connectivity index (χ0n) is 13.4. The standard InChI is InChI=1S/C17H22N2OS2/c1-11(2)17-19-14(10-21-17)9-18-16(20)13-5-7-15(8-6-13)22-12(3)4/h5-8,10-12H,9H2,1-4H3,(H,18,20). The van der Waals surface area contributed by atoms with Gasteiger partial charge in [0, 0.05) is 27.0 Å². The van der Waals surface area contributed by atoms with E-state index in [2.05, 4.69) is 38.0 Å². The van der Waals surface area contributed by atoms with Crippen LogP contribution in [0.3, 0.4) is 0 Å². The van der Waals surface area contributed by atoms with Gasteiger partial charge in [0.25, 0.3) is 5.91 Å². The van der Waals surface area contributed by atoms with Crippen molar-refractivity contribution in [2.75, 3.05) is 0 Å². The fourth-order valence-corrected chi connectivity index (χ4v) is 3.57. The molecule has 0 fully saturated rings. The summed E-state index contributed by atoms with van der Waals surface area (Å²) in [6, 6.07) is 7.75. The van der Waals surface area contributed by atoms with Crippen LogP contribution in [0.1, 0.15) is 54.7 Å². The van der Waals surface area contributed by atoms with Crippen LogP contribution in [-0.4, -0.2) is 16.1 Å². The SMILES string of the molecule is CC(C)Sc1ccc(C(=O)NCc2csc(C(C)C)n2)cc1. The minimum atomic E-state index is -0.0554. The molecule has 0 aliphatic rings. The van der Waals surface area contributed by atoms with Gasteiger partial charge in [0.2, 0.25) is 0 Å². The molecule has 1 heterocycles. The summed E-state index contributed by atoms with van der Waals surface area (Å²) in [5.41, 5.74) is 1.61. The molecule has 22 heavy (non-hydrogen) atoms. The average molecular weight is 335 g/mol. The normalized spacial score (nSPS) is 11.2. The fourth-order valence-electron chi connectivity index (χ4n) is 1.90. The number of hydrogen-bond acceptors (Lipinski definition) is 4. The Bertz CT molecular complexity index is 618. The molecular formula is C17H22N2OS2. The van der Waals surface area contributed by atoms with Gasteiger partial charge in [-0.3, -0.25) is 4.79 Å². The van der Waals surface area contributed by atoms with Gasteiger partial charge in [-0.2, -0.15) is 0 Å². The van der Waals surface area contributed by atoms with Crippen molar-refractivity contribution in [2.45, 2.75) is 50.3 Å². The Balaban J connectivity index is 1.91. The van der Waals surface area contributed by atoms with Crippen LogP contribution in [0.2, 0.25) is 0 Å². The van der Waals surface area contributed by atoms with Crippen molar-refractivity contribution in [3.63, 3.8) is 0 Å². The Morgan fingerprint density at radius 2 is 1.91 bits per heavy atom. The summed E-state index contributed by atoms with van der Waals surface area (Å²) in [6.45, 7) is 9.04. The summed E-state index contributed by atoms with van der Waals surface area (Å²) in [4.78, 5) is 17.9. The number of aromatic nitrogens is 1. The molecule has 0 bridgehead atoms. The third-order valence-corrected chi connectivity index (χ3v) is 5.19. The van der Waals surface area contributed by atoms with E-state index in [4.69, 9.17) is 0 Å². The largest absolute Gasteiger partial charge is 0.346 e. The first-order chi connectivity index (χ1) is 10.5. The second kappa shape index (κ2) is 7.79. The number of hydrogen-bond donors (Lipinski definition) is 1. The molecule has 0 saturated carbocycles. The Labute approximate surface area is 140 Å². The third-order valence-electron chi connectivity index (χ3n) is 2.98. The van der Waals surface area contributed by atoms with Crippen molar-refractivity contribution < 1.29 is 4.79 Å². The van der Waals surface area contributed by atoms with E-state index in [-0.39, 0.29) is 5.91 Å². The summed E-state index contributed by atoms with van der Waals surface area (Å²) in [5.74, 6) is 0.376. The number of nitrogens with zero attached hydrogens (tertiary/aromatic N) is 1. The minimum Gasteiger partial charge on any atom is -0.346 e. The second-order valence-electron chi connectivity index (χ2n) is 5.71. The number of amides is 1. The molecule has 0 saturated heterocycles. The van der Waals surface area contributed by atoms with Gasteiger partial charge >= 0.3 is 0 Å². The van der Waals surface area contributed by atoms with Gasteiger partial charge in [-0.1, -0.05) is 27.7 Å². The van der Waals surface area contributed by atoms with Gasteiger partial charge in [0.1, 0.15) is 0 Å². The molecule has 5 heteroatoms. The van der Waals surface area contributed by atoms with E-state index in [1.54, 1.807) is 23.1 Å². The maximum Gasteiger partial charge on any atom is 0.251 e. The number of thioether (sulfide) groups is 1. The molecular weight excluding hydrogens is 312 g/mol. The van der Waals surface area contributed by atoms with Crippen molar-refractivity contribution in [3.05, 3.63) is 45.9 Å². The maximum atomic E-state index is 12.1. The highest BCUT2D eigenvalue weighted by molar-refractivity contribution is 7.99. The number of rotatable bonds is 6. The summed E-state index contributed by atoms with van der Waals surface area (Å²) in [5, 5.41) is 6.59. The Morgan fingerprint density at radius 1 is 1.23 bits per heavy atom. The minimum absolute atomic E-state index is 0.0554. The van der Waals surface area contributed by atoms with Gasteiger partial charge in [-0.05, 0) is 24.3 Å². The van der Waals surface area contributed by atoms with Gasteiger partial charge in [-0.25, -0.2) is 4.98 Å². The van der Waals surface area contributed by atoms with Gasteiger partial charge < -0.3 is 5.32 Å². The van der Waals surface area contributed by atoms with Gasteiger partial charge in [-0.15, -0.1) is 23.1 Å². The predicted octanol–water partition coefficient (Wildman–Crippen LogP) is 4.70. The Morgan fingerprint density at radius 3 is 2.45 bits per heavy atom. The molecule has 0 unspecified atom stereocenters. The molecule has 0 aliphatic carbocycles. The molecule has 2 rings (SSSR count). The van der Waals surface area contributed by atoms with Crippen molar-refractivity contribution in [2.24, 2.45) is 0 Å². The van der Waals surface area contributed by atoms with E-state index >= 15 is 0 Å². The van der Waals surface area contributed by atoms with Crippen LogP contribution in [-0.2, 0) is 6.54 Å². The predicted molar refractivity (Wildman–Crippen MR) is 94.8 cm³/mol. The summed E-state index contributed by atoms with van der Waals surface area (Å²) >= 11 is 3.44. The molecule has 1 N–H and O–H groups in total. The third kappa shape index (κ3) is 4.85. The van der Waals surface area contributed by atoms with E-state index in [0.717, 1.165) is 10.7 Å². The first kappa shape index (κ1) is 17.0. The molecule has 1 aromatic heterocycles. The van der Waals surface area contributed by atoms with Crippen LogP contribution in [0.15, 0.2) is 34.5 Å². The molecule has 2 aromatic rings. The molecule has 1 aromatic carbocycles. The average Bonchev–Trinajstić information content (AvgIpc) is 2.94. The van der Waals surface area contributed by atoms with Crippen LogP contribution >= 0.6 is 23.1 Å². The van der Waals surface area contributed by atoms with Crippen LogP contribution < -0.4 is 5.32 Å². The summed E-state index contributed by atoms with van der Waals surface area (Å²) < 4.78 is 0. The van der Waals surface area contributed by atoms with E-state index in [1.807, 2.05) is 29.6 Å². The van der Waals surface area contributed by atoms with E-state index < -0.39 is 0 Å². The van der Waals surface area contributed by atoms with Crippen LogP contribution in [0, 0.1) is 0 Å². The Kier molecular flexibility index (Phi) is 6.03. The number of nitrogens with one attached hydrogen (secondary N) is 1. The molecule has 0 spiro atoms. The lowest BCUT2D eigenvalue weighted by atomic mass is 10.2. The highest BCUT2D eigenvalue weighted by Crippen LogP contribution is 2.23. The molecule has 0 radical (unpaired) electrons. The van der Waals surface area contributed by atoms with E-state index in [1.165, 1.54) is 4.90 Å². The van der Waals surface area contributed by atoms with Crippen molar-refractivity contribution in [3.8, 4) is 0 Å². The zero-order valence-corrected chi connectivity index (χ0v) is 15.1. The number of carbonyl (C=O) groups excluding carboxylic acids is 1. The number of thiazole rings is 1. The van der Waals surface area contributed by atoms with Crippen molar-refractivity contribution >= 4 is 29.0 Å². The van der Waals surface area contributed by atoms with Crippen LogP contribution in [0.25, 0.3) is 0 Å². The first-order valence-corrected chi connectivity index (χ1v) is 9.21. The number of benzene rings is 1. The summed E-state index contributed by atoms with van der Waals surface area (Å²) in [6.07, 6.45) is 0. The lowest BCUT2D eigenvalue weighted by molar-refractivity contribution is 0.0950. The fraction of sp³-hybridized carbons (Fsp3) is 0.412. The second-order valence-corrected chi connectivity index (χ2v) is 8.25. The van der Waals surface area contributed by atoms with Gasteiger partial charge in [0.05, 0.1) is 17.2 Å². The topological polar surface area (TPSA) is 42.0 Å². The molecule has 118 valence electrons. The maximum absolute atomic E-state index is 12.1. The number of carbonyl (C=O) groups is 1. The molecule has 1 amide bonds. The molecule has 0 aliphatic heterocycles. The van der Waals surface area contributed by atoms with Crippen LogP contribution in [0.4, 0.5) is 0 Å².